The van der Waals surface area contributed by atoms with Gasteiger partial charge in [-0.05, 0) is 37.5 Å². The van der Waals surface area contributed by atoms with Gasteiger partial charge < -0.3 is 10.1 Å². The maximum Gasteiger partial charge on any atom is 0.271 e. The SMILES string of the molecule is CCOc1ccccc1NC(=O)CSc1nnc(NC(=O)c2snnc2C)s1. The number of anilines is 2. The first-order valence-electron chi connectivity index (χ1n) is 8.15. The summed E-state index contributed by atoms with van der Waals surface area (Å²) >= 11 is 3.44. The van der Waals surface area contributed by atoms with E-state index in [1.165, 1.54) is 23.1 Å². The Bertz CT molecular complexity index is 974. The summed E-state index contributed by atoms with van der Waals surface area (Å²) in [6.45, 7) is 4.10. The zero-order valence-corrected chi connectivity index (χ0v) is 17.4. The van der Waals surface area contributed by atoms with Crippen molar-refractivity contribution in [1.82, 2.24) is 19.8 Å². The van der Waals surface area contributed by atoms with Crippen LogP contribution >= 0.6 is 34.6 Å². The summed E-state index contributed by atoms with van der Waals surface area (Å²) in [6.07, 6.45) is 0. The third kappa shape index (κ3) is 5.24. The predicted molar refractivity (Wildman–Crippen MR) is 109 cm³/mol. The van der Waals surface area contributed by atoms with Crippen molar-refractivity contribution in [3.05, 3.63) is 34.8 Å². The van der Waals surface area contributed by atoms with Crippen LogP contribution in [0.15, 0.2) is 28.6 Å². The number of ether oxygens (including phenoxy) is 1. The Balaban J connectivity index is 1.52. The van der Waals surface area contributed by atoms with Gasteiger partial charge in [0, 0.05) is 0 Å². The summed E-state index contributed by atoms with van der Waals surface area (Å²) in [5.41, 5.74) is 1.18. The number of benzene rings is 1. The van der Waals surface area contributed by atoms with Gasteiger partial charge in [0.25, 0.3) is 5.91 Å². The molecule has 0 aliphatic rings. The largest absolute Gasteiger partial charge is 0.492 e. The Kier molecular flexibility index (Phi) is 6.90. The highest BCUT2D eigenvalue weighted by molar-refractivity contribution is 8.01. The molecule has 2 heterocycles. The lowest BCUT2D eigenvalue weighted by Gasteiger charge is -2.10. The van der Waals surface area contributed by atoms with Crippen molar-refractivity contribution >= 4 is 57.3 Å². The van der Waals surface area contributed by atoms with Crippen molar-refractivity contribution in [1.29, 1.82) is 0 Å². The first-order chi connectivity index (χ1) is 13.6. The van der Waals surface area contributed by atoms with Gasteiger partial charge in [-0.3, -0.25) is 14.9 Å². The van der Waals surface area contributed by atoms with E-state index in [4.69, 9.17) is 4.74 Å². The molecule has 2 aromatic heterocycles. The Hall–Kier alpha value is -2.57. The zero-order valence-electron chi connectivity index (χ0n) is 15.0. The monoisotopic (exact) mass is 436 g/mol. The average Bonchev–Trinajstić information content (AvgIpc) is 3.30. The molecule has 9 nitrogen and oxygen atoms in total. The Labute approximate surface area is 173 Å². The second-order valence-electron chi connectivity index (χ2n) is 5.28. The Morgan fingerprint density at radius 3 is 2.75 bits per heavy atom. The van der Waals surface area contributed by atoms with Crippen molar-refractivity contribution < 1.29 is 14.3 Å². The van der Waals surface area contributed by atoms with Crippen molar-refractivity contribution in [2.24, 2.45) is 0 Å². The van der Waals surface area contributed by atoms with E-state index in [9.17, 15) is 9.59 Å². The van der Waals surface area contributed by atoms with Crippen molar-refractivity contribution in [3.8, 4) is 5.75 Å². The molecule has 0 saturated carbocycles. The summed E-state index contributed by atoms with van der Waals surface area (Å²) in [5.74, 6) is 0.257. The van der Waals surface area contributed by atoms with Crippen LogP contribution in [0.1, 0.15) is 22.3 Å². The van der Waals surface area contributed by atoms with Crippen LogP contribution in [0.5, 0.6) is 5.75 Å². The lowest BCUT2D eigenvalue weighted by molar-refractivity contribution is -0.113. The van der Waals surface area contributed by atoms with E-state index in [1.54, 1.807) is 19.1 Å². The molecule has 2 N–H and O–H groups in total. The smallest absolute Gasteiger partial charge is 0.271 e. The third-order valence-corrected chi connectivity index (χ3v) is 6.07. The molecule has 0 fully saturated rings. The molecule has 0 unspecified atom stereocenters. The first kappa shape index (κ1) is 20.2. The lowest BCUT2D eigenvalue weighted by atomic mass is 10.3. The number of aromatic nitrogens is 4. The molecule has 0 spiro atoms. The minimum atomic E-state index is -0.328. The highest BCUT2D eigenvalue weighted by Crippen LogP contribution is 2.27. The second kappa shape index (κ2) is 9.57. The number of hydrogen-bond donors (Lipinski definition) is 2. The maximum atomic E-state index is 12.2. The predicted octanol–water partition coefficient (Wildman–Crippen LogP) is 3.08. The molecule has 0 atom stereocenters. The number of nitrogens with one attached hydrogen (secondary N) is 2. The van der Waals surface area contributed by atoms with Crippen LogP contribution in [0.3, 0.4) is 0 Å². The van der Waals surface area contributed by atoms with Gasteiger partial charge in [0.2, 0.25) is 11.0 Å². The number of thioether (sulfide) groups is 1. The molecule has 28 heavy (non-hydrogen) atoms. The number of amides is 2. The summed E-state index contributed by atoms with van der Waals surface area (Å²) in [7, 11) is 0. The van der Waals surface area contributed by atoms with Gasteiger partial charge in [-0.1, -0.05) is 39.7 Å². The molecular formula is C16H16N6O3S3. The molecule has 0 aliphatic carbocycles. The van der Waals surface area contributed by atoms with Crippen LogP contribution in [0, 0.1) is 6.92 Å². The number of carbonyl (C=O) groups excluding carboxylic acids is 2. The van der Waals surface area contributed by atoms with Crippen molar-refractivity contribution in [2.45, 2.75) is 18.2 Å². The minimum Gasteiger partial charge on any atom is -0.492 e. The number of para-hydroxylation sites is 2. The van der Waals surface area contributed by atoms with E-state index in [0.29, 0.717) is 38.1 Å². The van der Waals surface area contributed by atoms with E-state index in [-0.39, 0.29) is 17.6 Å². The molecule has 12 heteroatoms. The number of rotatable bonds is 8. The molecule has 2 amide bonds. The van der Waals surface area contributed by atoms with Crippen molar-refractivity contribution in [2.75, 3.05) is 23.0 Å². The van der Waals surface area contributed by atoms with Gasteiger partial charge in [-0.25, -0.2) is 0 Å². The molecule has 146 valence electrons. The van der Waals surface area contributed by atoms with E-state index < -0.39 is 0 Å². The van der Waals surface area contributed by atoms with Gasteiger partial charge in [-0.2, -0.15) is 0 Å². The fourth-order valence-electron chi connectivity index (χ4n) is 2.08. The van der Waals surface area contributed by atoms with E-state index in [0.717, 1.165) is 11.5 Å². The molecule has 1 aromatic carbocycles. The fraction of sp³-hybridized carbons (Fsp3) is 0.250. The summed E-state index contributed by atoms with van der Waals surface area (Å²) < 4.78 is 9.79. The topological polar surface area (TPSA) is 119 Å². The van der Waals surface area contributed by atoms with Gasteiger partial charge in [0.1, 0.15) is 10.6 Å². The normalized spacial score (nSPS) is 10.5. The Morgan fingerprint density at radius 1 is 1.18 bits per heavy atom. The molecule has 3 aromatic rings. The Morgan fingerprint density at radius 2 is 2.00 bits per heavy atom. The van der Waals surface area contributed by atoms with Crippen molar-refractivity contribution in [3.63, 3.8) is 0 Å². The summed E-state index contributed by atoms with van der Waals surface area (Å²) in [6, 6.07) is 7.25. The quantitative estimate of drug-likeness (QED) is 0.408. The number of nitrogens with zero attached hydrogens (tertiary/aromatic N) is 4. The first-order valence-corrected chi connectivity index (χ1v) is 10.7. The van der Waals surface area contributed by atoms with Crippen LogP contribution in [0.4, 0.5) is 10.8 Å². The highest BCUT2D eigenvalue weighted by Gasteiger charge is 2.16. The molecular weight excluding hydrogens is 420 g/mol. The standard InChI is InChI=1S/C16H16N6O3S3/c1-3-25-11-7-5-4-6-10(11)17-12(23)8-26-16-21-20-15(27-16)18-14(24)13-9(2)19-22-28-13/h4-7H,3,8H2,1-2H3,(H,17,23)(H,18,20,24). The molecule has 0 radical (unpaired) electrons. The minimum absolute atomic E-state index is 0.154. The summed E-state index contributed by atoms with van der Waals surface area (Å²) in [5, 5.41) is 17.5. The molecule has 3 rings (SSSR count). The number of carbonyl (C=O) groups is 2. The van der Waals surface area contributed by atoms with Crippen LogP contribution in [-0.4, -0.2) is 44.0 Å². The molecule has 0 saturated heterocycles. The molecule has 0 aliphatic heterocycles. The van der Waals surface area contributed by atoms with Crippen LogP contribution < -0.4 is 15.4 Å². The van der Waals surface area contributed by atoms with E-state index in [1.807, 2.05) is 19.1 Å². The molecule has 0 bridgehead atoms. The number of hydrogen-bond acceptors (Lipinski definition) is 10. The lowest BCUT2D eigenvalue weighted by Crippen LogP contribution is -2.14. The van der Waals surface area contributed by atoms with Gasteiger partial charge >= 0.3 is 0 Å². The van der Waals surface area contributed by atoms with Crippen LogP contribution in [-0.2, 0) is 4.79 Å². The van der Waals surface area contributed by atoms with E-state index in [2.05, 4.69) is 30.4 Å². The fourth-order valence-corrected chi connectivity index (χ4v) is 4.18. The average molecular weight is 437 g/mol. The van der Waals surface area contributed by atoms with Gasteiger partial charge in [-0.15, -0.1) is 15.3 Å². The maximum absolute atomic E-state index is 12.2. The second-order valence-corrected chi connectivity index (χ2v) is 8.23. The van der Waals surface area contributed by atoms with Crippen LogP contribution in [0.2, 0.25) is 0 Å². The van der Waals surface area contributed by atoms with E-state index >= 15 is 0 Å². The highest BCUT2D eigenvalue weighted by atomic mass is 32.2. The number of aryl methyl sites for hydroxylation is 1. The van der Waals surface area contributed by atoms with Gasteiger partial charge in [0.05, 0.1) is 23.7 Å². The zero-order chi connectivity index (χ0) is 19.9. The van der Waals surface area contributed by atoms with Crippen LogP contribution in [0.25, 0.3) is 0 Å². The van der Waals surface area contributed by atoms with Gasteiger partial charge in [0.15, 0.2) is 4.34 Å². The summed E-state index contributed by atoms with van der Waals surface area (Å²) in [4.78, 5) is 24.8. The third-order valence-electron chi connectivity index (χ3n) is 3.27.